The monoisotopic (exact) mass is 475 g/mol. The number of H-pyrrole nitrogens is 1. The molecule has 3 aromatic rings. The summed E-state index contributed by atoms with van der Waals surface area (Å²) in [5.74, 6) is 0. The first-order chi connectivity index (χ1) is 16.8. The summed E-state index contributed by atoms with van der Waals surface area (Å²) in [4.78, 5) is 28.7. The molecule has 0 bridgehead atoms. The molecule has 1 aliphatic heterocycles. The first kappa shape index (κ1) is 23.3. The van der Waals surface area contributed by atoms with Crippen LogP contribution >= 0.6 is 0 Å². The maximum atomic E-state index is 12.5. The second kappa shape index (κ2) is 8.96. The molecule has 2 fully saturated rings. The lowest BCUT2D eigenvalue weighted by Crippen LogP contribution is -2.61. The normalized spacial score (nSPS) is 23.1. The van der Waals surface area contributed by atoms with Crippen molar-refractivity contribution in [2.24, 2.45) is 5.41 Å². The zero-order chi connectivity index (χ0) is 24.6. The Kier molecular flexibility index (Phi) is 5.97. The lowest BCUT2D eigenvalue weighted by atomic mass is 9.70. The number of hydrogen-bond donors (Lipinski definition) is 2. The molecule has 1 aliphatic carbocycles. The molecule has 2 amide bonds. The molecule has 0 radical (unpaired) electrons. The molecule has 5 rings (SSSR count). The molecule has 35 heavy (non-hydrogen) atoms. The zero-order valence-corrected chi connectivity index (χ0v) is 20.7. The topological polar surface area (TPSA) is 119 Å². The Morgan fingerprint density at radius 1 is 1.26 bits per heavy atom. The Bertz CT molecular complexity index is 1230. The number of piperazine rings is 1. The predicted molar refractivity (Wildman–Crippen MR) is 132 cm³/mol. The highest BCUT2D eigenvalue weighted by Gasteiger charge is 2.49. The van der Waals surface area contributed by atoms with Crippen LogP contribution in [-0.2, 0) is 5.54 Å². The van der Waals surface area contributed by atoms with Crippen molar-refractivity contribution in [3.8, 4) is 17.3 Å². The summed E-state index contributed by atoms with van der Waals surface area (Å²) in [6.07, 6.45) is 9.43. The fourth-order valence-electron chi connectivity index (χ4n) is 5.18. The van der Waals surface area contributed by atoms with Gasteiger partial charge in [0.15, 0.2) is 0 Å². The molecule has 0 unspecified atom stereocenters. The fraction of sp³-hybridized carbons (Fsp3) is 0.560. The number of hydrogen-bond acceptors (Lipinski definition) is 6. The van der Waals surface area contributed by atoms with E-state index in [1.165, 1.54) is 0 Å². The van der Waals surface area contributed by atoms with Crippen LogP contribution in [0.25, 0.3) is 22.3 Å². The number of aromatic nitrogens is 5. The highest BCUT2D eigenvalue weighted by molar-refractivity contribution is 5.90. The molecule has 2 N–H and O–H groups in total. The van der Waals surface area contributed by atoms with Crippen molar-refractivity contribution in [3.05, 3.63) is 31.0 Å². The summed E-state index contributed by atoms with van der Waals surface area (Å²) in [5.41, 5.74) is 2.33. The van der Waals surface area contributed by atoms with Gasteiger partial charge in [0.25, 0.3) is 0 Å². The number of carbonyl (C=O) groups is 1. The van der Waals surface area contributed by atoms with E-state index in [1.54, 1.807) is 6.33 Å². The average Bonchev–Trinajstić information content (AvgIpc) is 3.49. The number of amides is 2. The third-order valence-electron chi connectivity index (χ3n) is 7.22. The van der Waals surface area contributed by atoms with E-state index in [2.05, 4.69) is 57.1 Å². The third kappa shape index (κ3) is 4.60. The van der Waals surface area contributed by atoms with Crippen molar-refractivity contribution < 1.29 is 4.79 Å². The average molecular weight is 476 g/mol. The molecule has 0 atom stereocenters. The van der Waals surface area contributed by atoms with E-state index in [-0.39, 0.29) is 17.0 Å². The van der Waals surface area contributed by atoms with Crippen LogP contribution in [0.3, 0.4) is 0 Å². The van der Waals surface area contributed by atoms with Crippen molar-refractivity contribution in [2.75, 3.05) is 32.7 Å². The first-order valence-corrected chi connectivity index (χ1v) is 12.3. The van der Waals surface area contributed by atoms with E-state index in [9.17, 15) is 10.1 Å². The van der Waals surface area contributed by atoms with Gasteiger partial charge in [-0.05, 0) is 24.3 Å². The van der Waals surface area contributed by atoms with Crippen LogP contribution in [0.1, 0.15) is 40.0 Å². The molecule has 10 heteroatoms. The number of nitrogens with one attached hydrogen (secondary N) is 2. The molecule has 4 heterocycles. The van der Waals surface area contributed by atoms with E-state index >= 15 is 0 Å². The van der Waals surface area contributed by atoms with Crippen LogP contribution in [-0.4, -0.2) is 79.3 Å². The molecule has 10 nitrogen and oxygen atoms in total. The lowest BCUT2D eigenvalue weighted by Gasteiger charge is -2.52. The zero-order valence-electron chi connectivity index (χ0n) is 20.7. The molecular weight excluding hydrogens is 442 g/mol. The van der Waals surface area contributed by atoms with Gasteiger partial charge in [-0.15, -0.1) is 0 Å². The minimum atomic E-state index is -0.302. The molecule has 2 aliphatic rings. The van der Waals surface area contributed by atoms with Gasteiger partial charge in [0.2, 0.25) is 0 Å². The number of carbonyl (C=O) groups excluding carboxylic acids is 1. The number of urea groups is 1. The van der Waals surface area contributed by atoms with Crippen molar-refractivity contribution >= 4 is 17.1 Å². The van der Waals surface area contributed by atoms with Gasteiger partial charge in [-0.2, -0.15) is 10.4 Å². The van der Waals surface area contributed by atoms with E-state index < -0.39 is 0 Å². The van der Waals surface area contributed by atoms with Gasteiger partial charge in [-0.1, -0.05) is 20.8 Å². The van der Waals surface area contributed by atoms with E-state index in [0.29, 0.717) is 19.0 Å². The molecule has 1 saturated carbocycles. The molecule has 3 aromatic heterocycles. The summed E-state index contributed by atoms with van der Waals surface area (Å²) in [6, 6.07) is 4.77. The minimum Gasteiger partial charge on any atom is -0.346 e. The Balaban J connectivity index is 1.22. The summed E-state index contributed by atoms with van der Waals surface area (Å²) in [7, 11) is 0. The van der Waals surface area contributed by atoms with Gasteiger partial charge in [0.05, 0.1) is 29.9 Å². The van der Waals surface area contributed by atoms with Crippen LogP contribution in [0.4, 0.5) is 4.79 Å². The second-order valence-electron chi connectivity index (χ2n) is 11.0. The fourth-order valence-corrected chi connectivity index (χ4v) is 5.18. The summed E-state index contributed by atoms with van der Waals surface area (Å²) < 4.78 is 1.97. The van der Waals surface area contributed by atoms with Gasteiger partial charge in [-0.3, -0.25) is 9.58 Å². The highest BCUT2D eigenvalue weighted by atomic mass is 16.2. The van der Waals surface area contributed by atoms with Crippen LogP contribution in [0.2, 0.25) is 0 Å². The van der Waals surface area contributed by atoms with Gasteiger partial charge in [0, 0.05) is 62.1 Å². The summed E-state index contributed by atoms with van der Waals surface area (Å²) in [5, 5.41) is 18.3. The molecule has 0 aromatic carbocycles. The van der Waals surface area contributed by atoms with Crippen molar-refractivity contribution in [1.82, 2.24) is 39.8 Å². The van der Waals surface area contributed by atoms with E-state index in [4.69, 9.17) is 0 Å². The molecular formula is C25H33N9O. The highest BCUT2D eigenvalue weighted by Crippen LogP contribution is 2.45. The van der Waals surface area contributed by atoms with Gasteiger partial charge in [-0.25, -0.2) is 14.8 Å². The number of nitriles is 1. The largest absolute Gasteiger partial charge is 0.346 e. The number of fused-ring (bicyclic) bond motifs is 1. The maximum absolute atomic E-state index is 12.5. The number of aromatic amines is 1. The first-order valence-electron chi connectivity index (χ1n) is 12.3. The van der Waals surface area contributed by atoms with Crippen LogP contribution in [0.5, 0.6) is 0 Å². The van der Waals surface area contributed by atoms with Gasteiger partial charge >= 0.3 is 6.03 Å². The second-order valence-corrected chi connectivity index (χ2v) is 11.0. The summed E-state index contributed by atoms with van der Waals surface area (Å²) in [6.45, 7) is 10.2. The Morgan fingerprint density at radius 2 is 2.03 bits per heavy atom. The summed E-state index contributed by atoms with van der Waals surface area (Å²) >= 11 is 0. The van der Waals surface area contributed by atoms with Crippen molar-refractivity contribution in [1.29, 1.82) is 5.26 Å². The van der Waals surface area contributed by atoms with Crippen LogP contribution in [0.15, 0.2) is 31.0 Å². The smallest absolute Gasteiger partial charge is 0.317 e. The van der Waals surface area contributed by atoms with E-state index in [0.717, 1.165) is 61.3 Å². The standard InChI is InChI=1S/C25H33N9O/c1-24(2,3)16-28-23(35)33-10-8-32(9-11-33)19-12-25(13-19,5-6-26)34-15-18(14-31-34)21-20-4-7-27-22(20)30-17-29-21/h4,7,14-15,17,19H,5,8-13,16H2,1-3H3,(H,28,35)(H,27,29,30). The molecule has 1 saturated heterocycles. The van der Waals surface area contributed by atoms with E-state index in [1.807, 2.05) is 34.2 Å². The lowest BCUT2D eigenvalue weighted by molar-refractivity contribution is -0.0130. The number of nitrogens with zero attached hydrogens (tertiary/aromatic N) is 7. The van der Waals surface area contributed by atoms with Crippen molar-refractivity contribution in [3.63, 3.8) is 0 Å². The molecule has 0 spiro atoms. The Labute approximate surface area is 205 Å². The quantitative estimate of drug-likeness (QED) is 0.586. The minimum absolute atomic E-state index is 0.0253. The van der Waals surface area contributed by atoms with Crippen LogP contribution in [0, 0.1) is 16.7 Å². The van der Waals surface area contributed by atoms with Gasteiger partial charge in [0.1, 0.15) is 12.0 Å². The maximum Gasteiger partial charge on any atom is 0.317 e. The predicted octanol–water partition coefficient (Wildman–Crippen LogP) is 2.97. The SMILES string of the molecule is CC(C)(C)CNC(=O)N1CCN(C2CC(CC#N)(n3cc(-c4ncnc5[nH]ccc45)cn3)C2)CC1. The third-order valence-corrected chi connectivity index (χ3v) is 7.22. The van der Waals surface area contributed by atoms with Crippen LogP contribution < -0.4 is 5.32 Å². The van der Waals surface area contributed by atoms with Crippen molar-refractivity contribution in [2.45, 2.75) is 51.6 Å². The van der Waals surface area contributed by atoms with Gasteiger partial charge < -0.3 is 15.2 Å². The Morgan fingerprint density at radius 3 is 2.74 bits per heavy atom. The molecule has 184 valence electrons. The number of rotatable bonds is 5. The Hall–Kier alpha value is -3.45.